The van der Waals surface area contributed by atoms with Crippen molar-refractivity contribution in [1.82, 2.24) is 15.3 Å². The molecule has 26 heavy (non-hydrogen) atoms. The summed E-state index contributed by atoms with van der Waals surface area (Å²) in [5.41, 5.74) is 2.32. The lowest BCUT2D eigenvalue weighted by molar-refractivity contribution is -0.169. The molecule has 7 heteroatoms. The number of nitrogens with one attached hydrogen (secondary N) is 1. The molecule has 2 aliphatic heterocycles. The van der Waals surface area contributed by atoms with E-state index in [1.807, 2.05) is 24.3 Å². The van der Waals surface area contributed by atoms with Gasteiger partial charge >= 0.3 is 0 Å². The summed E-state index contributed by atoms with van der Waals surface area (Å²) in [4.78, 5) is 23.1. The zero-order chi connectivity index (χ0) is 17.8. The molecule has 136 valence electrons. The Morgan fingerprint density at radius 1 is 1.19 bits per heavy atom. The quantitative estimate of drug-likeness (QED) is 0.901. The largest absolute Gasteiger partial charge is 0.370 e. The maximum absolute atomic E-state index is 12.4. The van der Waals surface area contributed by atoms with Crippen LogP contribution in [0.15, 0.2) is 42.9 Å². The van der Waals surface area contributed by atoms with E-state index in [0.29, 0.717) is 25.3 Å². The van der Waals surface area contributed by atoms with E-state index in [9.17, 15) is 4.79 Å². The number of amides is 1. The van der Waals surface area contributed by atoms with Gasteiger partial charge in [-0.25, -0.2) is 0 Å². The highest BCUT2D eigenvalue weighted by atomic mass is 16.7. The van der Waals surface area contributed by atoms with E-state index >= 15 is 0 Å². The lowest BCUT2D eigenvalue weighted by Gasteiger charge is -2.38. The highest BCUT2D eigenvalue weighted by Crippen LogP contribution is 2.33. The smallest absolute Gasteiger partial charge is 0.253 e. The van der Waals surface area contributed by atoms with Crippen LogP contribution in [0.25, 0.3) is 0 Å². The van der Waals surface area contributed by atoms with Crippen LogP contribution in [0.5, 0.6) is 0 Å². The number of anilines is 1. The third-order valence-electron chi connectivity index (χ3n) is 4.85. The van der Waals surface area contributed by atoms with Gasteiger partial charge in [-0.05, 0) is 18.2 Å². The Balaban J connectivity index is 1.38. The molecule has 0 bridgehead atoms. The van der Waals surface area contributed by atoms with Gasteiger partial charge in [0.1, 0.15) is 0 Å². The average Bonchev–Trinajstić information content (AvgIpc) is 3.15. The van der Waals surface area contributed by atoms with Crippen molar-refractivity contribution in [3.63, 3.8) is 0 Å². The Morgan fingerprint density at radius 2 is 2.00 bits per heavy atom. The monoisotopic (exact) mass is 354 g/mol. The highest BCUT2D eigenvalue weighted by Gasteiger charge is 2.39. The van der Waals surface area contributed by atoms with Crippen LogP contribution in [0.1, 0.15) is 28.9 Å². The Morgan fingerprint density at radius 3 is 2.73 bits per heavy atom. The lowest BCUT2D eigenvalue weighted by Crippen LogP contribution is -2.45. The second kappa shape index (κ2) is 7.39. The van der Waals surface area contributed by atoms with Gasteiger partial charge in [0, 0.05) is 38.3 Å². The van der Waals surface area contributed by atoms with Gasteiger partial charge in [-0.2, -0.15) is 0 Å². The number of piperidine rings is 1. The molecule has 4 heterocycles. The van der Waals surface area contributed by atoms with Crippen molar-refractivity contribution < 1.29 is 14.3 Å². The summed E-state index contributed by atoms with van der Waals surface area (Å²) >= 11 is 0. The standard InChI is InChI=1S/C19H22N4O3/c24-18(22-13-16-3-1-2-6-21-16)15-11-17(14-20-12-15)23-7-4-19(5-8-23)25-9-10-26-19/h1-3,6,11-12,14H,4-5,7-10,13H2,(H,22,24). The first-order valence-electron chi connectivity index (χ1n) is 8.90. The molecule has 2 aromatic heterocycles. The van der Waals surface area contributed by atoms with Crippen LogP contribution in [-0.4, -0.2) is 48.0 Å². The number of nitrogens with zero attached hydrogens (tertiary/aromatic N) is 3. The van der Waals surface area contributed by atoms with Gasteiger partial charge in [0.25, 0.3) is 5.91 Å². The van der Waals surface area contributed by atoms with Crippen molar-refractivity contribution in [2.24, 2.45) is 0 Å². The normalized spacial score (nSPS) is 18.8. The minimum absolute atomic E-state index is 0.152. The van der Waals surface area contributed by atoms with Crippen LogP contribution in [0, 0.1) is 0 Å². The van der Waals surface area contributed by atoms with E-state index in [0.717, 1.165) is 37.3 Å². The van der Waals surface area contributed by atoms with Crippen LogP contribution in [0.2, 0.25) is 0 Å². The Labute approximate surface area is 152 Å². The van der Waals surface area contributed by atoms with E-state index in [-0.39, 0.29) is 5.91 Å². The molecular weight excluding hydrogens is 332 g/mol. The first-order valence-corrected chi connectivity index (χ1v) is 8.90. The van der Waals surface area contributed by atoms with Gasteiger partial charge < -0.3 is 19.7 Å². The number of hydrogen-bond donors (Lipinski definition) is 1. The minimum Gasteiger partial charge on any atom is -0.370 e. The minimum atomic E-state index is -0.401. The summed E-state index contributed by atoms with van der Waals surface area (Å²) in [5.74, 6) is -0.553. The molecule has 1 spiro atoms. The summed E-state index contributed by atoms with van der Waals surface area (Å²) in [6.45, 7) is 3.38. The fraction of sp³-hybridized carbons (Fsp3) is 0.421. The van der Waals surface area contributed by atoms with Gasteiger partial charge in [0.05, 0.1) is 42.9 Å². The number of ether oxygens (including phenoxy) is 2. The van der Waals surface area contributed by atoms with Crippen molar-refractivity contribution in [2.45, 2.75) is 25.2 Å². The topological polar surface area (TPSA) is 76.6 Å². The Bertz CT molecular complexity index is 752. The molecule has 0 unspecified atom stereocenters. The first-order chi connectivity index (χ1) is 12.7. The summed E-state index contributed by atoms with van der Waals surface area (Å²) < 4.78 is 11.5. The molecule has 0 radical (unpaired) electrons. The molecule has 0 aromatic carbocycles. The zero-order valence-corrected chi connectivity index (χ0v) is 14.6. The second-order valence-corrected chi connectivity index (χ2v) is 6.53. The molecule has 2 fully saturated rings. The fourth-order valence-electron chi connectivity index (χ4n) is 3.39. The van der Waals surface area contributed by atoms with Crippen LogP contribution in [-0.2, 0) is 16.0 Å². The molecule has 7 nitrogen and oxygen atoms in total. The summed E-state index contributed by atoms with van der Waals surface area (Å²) in [6.07, 6.45) is 6.74. The molecule has 2 aromatic rings. The summed E-state index contributed by atoms with van der Waals surface area (Å²) in [6, 6.07) is 7.52. The van der Waals surface area contributed by atoms with E-state index < -0.39 is 5.79 Å². The van der Waals surface area contributed by atoms with Crippen LogP contribution < -0.4 is 10.2 Å². The average molecular weight is 354 g/mol. The van der Waals surface area contributed by atoms with Gasteiger partial charge in [0.2, 0.25) is 0 Å². The van der Waals surface area contributed by atoms with Gasteiger partial charge in [-0.1, -0.05) is 6.07 Å². The maximum Gasteiger partial charge on any atom is 0.253 e. The molecule has 0 aliphatic carbocycles. The van der Waals surface area contributed by atoms with Crippen LogP contribution in [0.3, 0.4) is 0 Å². The maximum atomic E-state index is 12.4. The molecule has 2 aliphatic rings. The fourth-order valence-corrected chi connectivity index (χ4v) is 3.39. The predicted molar refractivity (Wildman–Crippen MR) is 95.7 cm³/mol. The SMILES string of the molecule is O=C(NCc1ccccn1)c1cncc(N2CCC3(CC2)OCCO3)c1. The first kappa shape index (κ1) is 16.9. The van der Waals surface area contributed by atoms with Crippen molar-refractivity contribution >= 4 is 11.6 Å². The molecule has 2 saturated heterocycles. The molecule has 0 saturated carbocycles. The number of rotatable bonds is 4. The molecule has 4 rings (SSSR count). The zero-order valence-electron chi connectivity index (χ0n) is 14.6. The van der Waals surface area contributed by atoms with Crippen molar-refractivity contribution in [1.29, 1.82) is 0 Å². The molecule has 0 atom stereocenters. The van der Waals surface area contributed by atoms with E-state index in [4.69, 9.17) is 9.47 Å². The molecule has 1 N–H and O–H groups in total. The van der Waals surface area contributed by atoms with Crippen LogP contribution >= 0.6 is 0 Å². The predicted octanol–water partition coefficient (Wildman–Crippen LogP) is 1.75. The van der Waals surface area contributed by atoms with E-state index in [1.54, 1.807) is 18.6 Å². The number of hydrogen-bond acceptors (Lipinski definition) is 6. The van der Waals surface area contributed by atoms with Crippen LogP contribution in [0.4, 0.5) is 5.69 Å². The van der Waals surface area contributed by atoms with Gasteiger partial charge in [-0.3, -0.25) is 14.8 Å². The molecular formula is C19H22N4O3. The highest BCUT2D eigenvalue weighted by molar-refractivity contribution is 5.94. The lowest BCUT2D eigenvalue weighted by atomic mass is 10.0. The third-order valence-corrected chi connectivity index (χ3v) is 4.85. The summed E-state index contributed by atoms with van der Waals surface area (Å²) in [7, 11) is 0. The Kier molecular flexibility index (Phi) is 4.81. The summed E-state index contributed by atoms with van der Waals surface area (Å²) in [5, 5.41) is 2.89. The molecule has 1 amide bonds. The van der Waals surface area contributed by atoms with E-state index in [2.05, 4.69) is 20.2 Å². The number of carbonyl (C=O) groups is 1. The second-order valence-electron chi connectivity index (χ2n) is 6.53. The van der Waals surface area contributed by atoms with Crippen molar-refractivity contribution in [3.05, 3.63) is 54.1 Å². The Hall–Kier alpha value is -2.51. The van der Waals surface area contributed by atoms with Crippen molar-refractivity contribution in [3.8, 4) is 0 Å². The number of carbonyl (C=O) groups excluding carboxylic acids is 1. The number of aromatic nitrogens is 2. The van der Waals surface area contributed by atoms with Crippen molar-refractivity contribution in [2.75, 3.05) is 31.2 Å². The van der Waals surface area contributed by atoms with E-state index in [1.165, 1.54) is 0 Å². The number of pyridine rings is 2. The third kappa shape index (κ3) is 3.68. The van der Waals surface area contributed by atoms with Gasteiger partial charge in [-0.15, -0.1) is 0 Å². The van der Waals surface area contributed by atoms with Gasteiger partial charge in [0.15, 0.2) is 5.79 Å².